The zero-order valence-corrected chi connectivity index (χ0v) is 12.9. The van der Waals surface area contributed by atoms with Gasteiger partial charge in [-0.1, -0.05) is 0 Å². The van der Waals surface area contributed by atoms with E-state index in [0.717, 1.165) is 26.2 Å². The third kappa shape index (κ3) is 4.02. The largest absolute Gasteiger partial charge is 0.496 e. The molecule has 0 atom stereocenters. The Bertz CT molecular complexity index is 497. The molecule has 1 heterocycles. The Morgan fingerprint density at radius 1 is 1.29 bits per heavy atom. The first-order chi connectivity index (χ1) is 10.0. The number of carbonyl (C=O) groups excluding carboxylic acids is 1. The number of halogens is 1. The van der Waals surface area contributed by atoms with Gasteiger partial charge in [0.15, 0.2) is 5.78 Å². The molecule has 5 heteroatoms. The van der Waals surface area contributed by atoms with Crippen LogP contribution in [0.25, 0.3) is 0 Å². The van der Waals surface area contributed by atoms with Crippen LogP contribution in [-0.2, 0) is 0 Å². The van der Waals surface area contributed by atoms with Crippen molar-refractivity contribution in [3.05, 3.63) is 29.6 Å². The van der Waals surface area contributed by atoms with Crippen molar-refractivity contribution in [1.82, 2.24) is 9.80 Å². The molecule has 1 aliphatic heterocycles. The van der Waals surface area contributed by atoms with Crippen molar-refractivity contribution >= 4 is 5.78 Å². The molecule has 0 saturated carbocycles. The number of hydrogen-bond donors (Lipinski definition) is 0. The molecule has 1 saturated heterocycles. The van der Waals surface area contributed by atoms with Crippen molar-refractivity contribution in [1.29, 1.82) is 0 Å². The van der Waals surface area contributed by atoms with E-state index in [9.17, 15) is 9.18 Å². The van der Waals surface area contributed by atoms with Crippen molar-refractivity contribution in [2.45, 2.75) is 19.9 Å². The lowest BCUT2D eigenvalue weighted by Crippen LogP contribution is -2.50. The van der Waals surface area contributed by atoms with Crippen molar-refractivity contribution in [2.75, 3.05) is 39.8 Å². The summed E-state index contributed by atoms with van der Waals surface area (Å²) in [7, 11) is 1.49. The monoisotopic (exact) mass is 294 g/mol. The molecule has 0 bridgehead atoms. The number of methoxy groups -OCH3 is 1. The number of ether oxygens (including phenoxy) is 1. The van der Waals surface area contributed by atoms with E-state index in [-0.39, 0.29) is 5.78 Å². The topological polar surface area (TPSA) is 32.8 Å². The van der Waals surface area contributed by atoms with E-state index in [1.54, 1.807) is 0 Å². The van der Waals surface area contributed by atoms with E-state index in [4.69, 9.17) is 4.74 Å². The van der Waals surface area contributed by atoms with E-state index in [1.165, 1.54) is 25.3 Å². The van der Waals surface area contributed by atoms with Gasteiger partial charge in [0.1, 0.15) is 11.6 Å². The molecule has 1 aliphatic rings. The molecule has 0 aromatic heterocycles. The van der Waals surface area contributed by atoms with Gasteiger partial charge in [-0.15, -0.1) is 0 Å². The summed E-state index contributed by atoms with van der Waals surface area (Å²) in [6.45, 7) is 8.32. The van der Waals surface area contributed by atoms with Gasteiger partial charge in [-0.2, -0.15) is 0 Å². The summed E-state index contributed by atoms with van der Waals surface area (Å²) in [5, 5.41) is 0. The Morgan fingerprint density at radius 2 is 1.95 bits per heavy atom. The van der Waals surface area contributed by atoms with Crippen molar-refractivity contribution in [3.63, 3.8) is 0 Å². The SMILES string of the molecule is COc1ccc(F)cc1C(=O)CN1CCN(C(C)C)CC1. The molecule has 0 radical (unpaired) electrons. The molecule has 21 heavy (non-hydrogen) atoms. The average Bonchev–Trinajstić information content (AvgIpc) is 2.47. The molecule has 1 fully saturated rings. The maximum atomic E-state index is 13.3. The van der Waals surface area contributed by atoms with Crippen LogP contribution in [0.3, 0.4) is 0 Å². The molecule has 0 aliphatic carbocycles. The second-order valence-electron chi connectivity index (χ2n) is 5.67. The third-order valence-corrected chi connectivity index (χ3v) is 3.97. The Labute approximate surface area is 125 Å². The summed E-state index contributed by atoms with van der Waals surface area (Å²) in [5.41, 5.74) is 0.323. The van der Waals surface area contributed by atoms with Gasteiger partial charge in [0.05, 0.1) is 19.2 Å². The molecule has 4 nitrogen and oxygen atoms in total. The van der Waals surface area contributed by atoms with Crippen LogP contribution >= 0.6 is 0 Å². The van der Waals surface area contributed by atoms with Crippen LogP contribution in [0.2, 0.25) is 0 Å². The minimum atomic E-state index is -0.413. The van der Waals surface area contributed by atoms with E-state index in [2.05, 4.69) is 23.6 Å². The maximum Gasteiger partial charge on any atom is 0.180 e. The number of nitrogens with zero attached hydrogens (tertiary/aromatic N) is 2. The number of hydrogen-bond acceptors (Lipinski definition) is 4. The smallest absolute Gasteiger partial charge is 0.180 e. The lowest BCUT2D eigenvalue weighted by molar-refractivity contribution is 0.0804. The highest BCUT2D eigenvalue weighted by Crippen LogP contribution is 2.20. The van der Waals surface area contributed by atoms with E-state index in [0.29, 0.717) is 23.9 Å². The van der Waals surface area contributed by atoms with E-state index < -0.39 is 5.82 Å². The van der Waals surface area contributed by atoms with Gasteiger partial charge >= 0.3 is 0 Å². The molecule has 0 amide bonds. The molecule has 1 aromatic carbocycles. The number of benzene rings is 1. The third-order valence-electron chi connectivity index (χ3n) is 3.97. The van der Waals surface area contributed by atoms with Gasteiger partial charge < -0.3 is 4.74 Å². The minimum absolute atomic E-state index is 0.0932. The van der Waals surface area contributed by atoms with Crippen LogP contribution in [0.5, 0.6) is 5.75 Å². The van der Waals surface area contributed by atoms with Gasteiger partial charge in [-0.3, -0.25) is 14.6 Å². The van der Waals surface area contributed by atoms with Gasteiger partial charge in [0.25, 0.3) is 0 Å². The van der Waals surface area contributed by atoms with Gasteiger partial charge in [0, 0.05) is 32.2 Å². The lowest BCUT2D eigenvalue weighted by atomic mass is 10.1. The van der Waals surface area contributed by atoms with Crippen LogP contribution in [0, 0.1) is 5.82 Å². The summed E-state index contributed by atoms with van der Waals surface area (Å²) in [6, 6.07) is 4.59. The molecular formula is C16H23FN2O2. The van der Waals surface area contributed by atoms with Crippen molar-refractivity contribution in [2.24, 2.45) is 0 Å². The fourth-order valence-electron chi connectivity index (χ4n) is 2.62. The first-order valence-corrected chi connectivity index (χ1v) is 7.34. The zero-order valence-electron chi connectivity index (χ0n) is 12.9. The fourth-order valence-corrected chi connectivity index (χ4v) is 2.62. The number of carbonyl (C=O) groups is 1. The van der Waals surface area contributed by atoms with Crippen LogP contribution in [0.1, 0.15) is 24.2 Å². The summed E-state index contributed by atoms with van der Waals surface area (Å²) in [4.78, 5) is 16.9. The normalized spacial score (nSPS) is 17.2. The first-order valence-electron chi connectivity index (χ1n) is 7.34. The number of rotatable bonds is 5. The number of Topliss-reactive ketones (excluding diaryl/α,β-unsaturated/α-hetero) is 1. The molecule has 0 unspecified atom stereocenters. The van der Waals surface area contributed by atoms with Crippen molar-refractivity contribution < 1.29 is 13.9 Å². The van der Waals surface area contributed by atoms with Crippen molar-refractivity contribution in [3.8, 4) is 5.75 Å². The van der Waals surface area contributed by atoms with Crippen LogP contribution in [0.4, 0.5) is 4.39 Å². The highest BCUT2D eigenvalue weighted by molar-refractivity contribution is 6.00. The average molecular weight is 294 g/mol. The van der Waals surface area contributed by atoms with Gasteiger partial charge in [0.2, 0.25) is 0 Å². The minimum Gasteiger partial charge on any atom is -0.496 e. The lowest BCUT2D eigenvalue weighted by Gasteiger charge is -2.36. The second kappa shape index (κ2) is 7.00. The zero-order chi connectivity index (χ0) is 15.4. The first kappa shape index (κ1) is 15.9. The Hall–Kier alpha value is -1.46. The Kier molecular flexibility index (Phi) is 5.31. The summed E-state index contributed by atoms with van der Waals surface area (Å²) >= 11 is 0. The molecular weight excluding hydrogens is 271 g/mol. The van der Waals surface area contributed by atoms with Crippen LogP contribution < -0.4 is 4.74 Å². The molecule has 0 spiro atoms. The number of ketones is 1. The Morgan fingerprint density at radius 3 is 2.52 bits per heavy atom. The quantitative estimate of drug-likeness (QED) is 0.778. The molecule has 0 N–H and O–H groups in total. The van der Waals surface area contributed by atoms with Crippen LogP contribution in [0.15, 0.2) is 18.2 Å². The second-order valence-corrected chi connectivity index (χ2v) is 5.67. The van der Waals surface area contributed by atoms with Crippen LogP contribution in [-0.4, -0.2) is 61.5 Å². The fraction of sp³-hybridized carbons (Fsp3) is 0.562. The highest BCUT2D eigenvalue weighted by atomic mass is 19.1. The van der Waals surface area contributed by atoms with E-state index >= 15 is 0 Å². The standard InChI is InChI=1S/C16H23FN2O2/c1-12(2)19-8-6-18(7-9-19)11-15(20)14-10-13(17)4-5-16(14)21-3/h4-5,10,12H,6-9,11H2,1-3H3. The number of piperazine rings is 1. The molecule has 1 aromatic rings. The summed E-state index contributed by atoms with van der Waals surface area (Å²) < 4.78 is 18.5. The summed E-state index contributed by atoms with van der Waals surface area (Å²) in [5.74, 6) is -0.0738. The van der Waals surface area contributed by atoms with Gasteiger partial charge in [-0.05, 0) is 32.0 Å². The summed E-state index contributed by atoms with van der Waals surface area (Å²) in [6.07, 6.45) is 0. The predicted molar refractivity (Wildman–Crippen MR) is 80.4 cm³/mol. The predicted octanol–water partition coefficient (Wildman–Crippen LogP) is 2.04. The van der Waals surface area contributed by atoms with E-state index in [1.807, 2.05) is 0 Å². The highest BCUT2D eigenvalue weighted by Gasteiger charge is 2.22. The molecule has 116 valence electrons. The maximum absolute atomic E-state index is 13.3. The van der Waals surface area contributed by atoms with Gasteiger partial charge in [-0.25, -0.2) is 4.39 Å². The molecule has 2 rings (SSSR count). The Balaban J connectivity index is 1.98.